The molecule has 0 atom stereocenters. The van der Waals surface area contributed by atoms with Crippen LogP contribution in [-0.2, 0) is 10.6 Å². The first-order chi connectivity index (χ1) is 6.72. The summed E-state index contributed by atoms with van der Waals surface area (Å²) < 4.78 is 4.57. The van der Waals surface area contributed by atoms with E-state index in [-0.39, 0.29) is 0 Å². The number of hydrogen-bond donors (Lipinski definition) is 2. The highest BCUT2D eigenvalue weighted by Gasteiger charge is 2.08. The van der Waals surface area contributed by atoms with E-state index in [1.165, 1.54) is 7.11 Å². The molecule has 0 radical (unpaired) electrons. The maximum absolute atomic E-state index is 11.2. The first-order valence-corrected chi connectivity index (χ1v) is 4.50. The molecule has 0 saturated heterocycles. The Bertz CT molecular complexity index is 342. The van der Waals surface area contributed by atoms with Crippen LogP contribution in [0, 0.1) is 0 Å². The third-order valence-electron chi connectivity index (χ3n) is 1.83. The zero-order valence-corrected chi connectivity index (χ0v) is 8.47. The van der Waals surface area contributed by atoms with Gasteiger partial charge in [0.25, 0.3) is 0 Å². The minimum absolute atomic E-state index is 0.334. The van der Waals surface area contributed by atoms with E-state index in [0.29, 0.717) is 17.1 Å². The second kappa shape index (κ2) is 4.83. The Morgan fingerprint density at radius 2 is 2.36 bits per heavy atom. The van der Waals surface area contributed by atoms with Crippen molar-refractivity contribution in [2.24, 2.45) is 5.84 Å². The van der Waals surface area contributed by atoms with Crippen molar-refractivity contribution in [1.29, 1.82) is 0 Å². The number of alkyl halides is 1. The van der Waals surface area contributed by atoms with Crippen LogP contribution in [0.1, 0.15) is 15.9 Å². The largest absolute Gasteiger partial charge is 0.465 e. The van der Waals surface area contributed by atoms with Crippen LogP contribution in [0.4, 0.5) is 5.69 Å². The molecule has 0 heterocycles. The number of methoxy groups -OCH3 is 1. The Labute approximate surface area is 87.0 Å². The average Bonchev–Trinajstić information content (AvgIpc) is 2.26. The molecule has 0 aliphatic rings. The monoisotopic (exact) mass is 214 g/mol. The number of esters is 1. The predicted octanol–water partition coefficient (Wildman–Crippen LogP) is 1.50. The summed E-state index contributed by atoms with van der Waals surface area (Å²) in [4.78, 5) is 11.2. The molecule has 1 rings (SSSR count). The number of nitrogens with two attached hydrogens (primary N) is 1. The molecule has 0 spiro atoms. The van der Waals surface area contributed by atoms with E-state index in [9.17, 15) is 4.79 Å². The highest BCUT2D eigenvalue weighted by molar-refractivity contribution is 6.17. The van der Waals surface area contributed by atoms with Gasteiger partial charge >= 0.3 is 5.97 Å². The van der Waals surface area contributed by atoms with Crippen LogP contribution in [0.5, 0.6) is 0 Å². The van der Waals surface area contributed by atoms with E-state index >= 15 is 0 Å². The lowest BCUT2D eigenvalue weighted by Crippen LogP contribution is -2.10. The van der Waals surface area contributed by atoms with Crippen LogP contribution >= 0.6 is 11.6 Å². The summed E-state index contributed by atoms with van der Waals surface area (Å²) in [5.41, 5.74) is 4.38. The molecule has 5 heteroatoms. The summed E-state index contributed by atoms with van der Waals surface area (Å²) in [5.74, 6) is 5.21. The number of benzene rings is 1. The van der Waals surface area contributed by atoms with E-state index in [4.69, 9.17) is 17.4 Å². The number of hydrazine groups is 1. The fourth-order valence-corrected chi connectivity index (χ4v) is 1.31. The lowest BCUT2D eigenvalue weighted by molar-refractivity contribution is 0.0601. The van der Waals surface area contributed by atoms with Crippen molar-refractivity contribution in [2.75, 3.05) is 12.5 Å². The Balaban J connectivity index is 3.07. The molecule has 0 aromatic heterocycles. The van der Waals surface area contributed by atoms with Gasteiger partial charge in [-0.15, -0.1) is 11.6 Å². The van der Waals surface area contributed by atoms with Crippen LogP contribution < -0.4 is 11.3 Å². The third-order valence-corrected chi connectivity index (χ3v) is 2.12. The quantitative estimate of drug-likeness (QED) is 0.346. The molecule has 76 valence electrons. The van der Waals surface area contributed by atoms with E-state index in [1.54, 1.807) is 18.2 Å². The van der Waals surface area contributed by atoms with Gasteiger partial charge in [0.05, 0.1) is 18.4 Å². The van der Waals surface area contributed by atoms with Crippen LogP contribution in [0.15, 0.2) is 18.2 Å². The predicted molar refractivity (Wildman–Crippen MR) is 55.1 cm³/mol. The molecular weight excluding hydrogens is 204 g/mol. The summed E-state index contributed by atoms with van der Waals surface area (Å²) in [6, 6.07) is 4.97. The summed E-state index contributed by atoms with van der Waals surface area (Å²) in [5, 5.41) is 0. The Kier molecular flexibility index (Phi) is 3.73. The number of carbonyl (C=O) groups excluding carboxylic acids is 1. The molecule has 0 amide bonds. The molecular formula is C9H11ClN2O2. The van der Waals surface area contributed by atoms with Crippen molar-refractivity contribution in [3.05, 3.63) is 29.3 Å². The number of hydrogen-bond acceptors (Lipinski definition) is 4. The molecule has 3 N–H and O–H groups in total. The molecule has 0 unspecified atom stereocenters. The summed E-state index contributed by atoms with van der Waals surface area (Å²) in [6.07, 6.45) is 0. The number of anilines is 1. The summed E-state index contributed by atoms with van der Waals surface area (Å²) in [7, 11) is 1.33. The fourth-order valence-electron chi connectivity index (χ4n) is 1.07. The summed E-state index contributed by atoms with van der Waals surface area (Å²) in [6.45, 7) is 0. The lowest BCUT2D eigenvalue weighted by Gasteiger charge is -2.07. The second-order valence-corrected chi connectivity index (χ2v) is 2.91. The molecule has 1 aromatic rings. The van der Waals surface area contributed by atoms with Crippen molar-refractivity contribution in [3.8, 4) is 0 Å². The zero-order valence-electron chi connectivity index (χ0n) is 7.71. The zero-order chi connectivity index (χ0) is 10.6. The number of nitrogen functional groups attached to an aromatic ring is 1. The molecule has 0 aliphatic heterocycles. The smallest absolute Gasteiger partial charge is 0.337 e. The van der Waals surface area contributed by atoms with Gasteiger partial charge in [-0.25, -0.2) is 4.79 Å². The summed E-state index contributed by atoms with van der Waals surface area (Å²) >= 11 is 5.66. The van der Waals surface area contributed by atoms with Gasteiger partial charge in [0.1, 0.15) is 0 Å². The van der Waals surface area contributed by atoms with Gasteiger partial charge in [0, 0.05) is 5.88 Å². The molecule has 1 aromatic carbocycles. The Morgan fingerprint density at radius 3 is 2.86 bits per heavy atom. The van der Waals surface area contributed by atoms with Crippen molar-refractivity contribution < 1.29 is 9.53 Å². The standard InChI is InChI=1S/C9H11ClN2O2/c1-14-9(13)6-2-3-7(5-10)8(4-6)12-11/h2-4,12H,5,11H2,1H3. The normalized spacial score (nSPS) is 9.64. The van der Waals surface area contributed by atoms with Gasteiger partial charge in [-0.2, -0.15) is 0 Å². The van der Waals surface area contributed by atoms with Crippen molar-refractivity contribution in [1.82, 2.24) is 0 Å². The van der Waals surface area contributed by atoms with E-state index in [1.807, 2.05) is 0 Å². The van der Waals surface area contributed by atoms with Gasteiger partial charge in [-0.05, 0) is 17.7 Å². The van der Waals surface area contributed by atoms with Gasteiger partial charge in [0.2, 0.25) is 0 Å². The lowest BCUT2D eigenvalue weighted by atomic mass is 10.1. The number of nitrogens with one attached hydrogen (secondary N) is 1. The van der Waals surface area contributed by atoms with Crippen molar-refractivity contribution in [3.63, 3.8) is 0 Å². The van der Waals surface area contributed by atoms with Gasteiger partial charge in [-0.1, -0.05) is 6.07 Å². The van der Waals surface area contributed by atoms with Crippen LogP contribution in [0.25, 0.3) is 0 Å². The average molecular weight is 215 g/mol. The molecule has 4 nitrogen and oxygen atoms in total. The number of rotatable bonds is 3. The van der Waals surface area contributed by atoms with E-state index in [0.717, 1.165) is 5.56 Å². The minimum Gasteiger partial charge on any atom is -0.465 e. The van der Waals surface area contributed by atoms with Crippen LogP contribution in [-0.4, -0.2) is 13.1 Å². The van der Waals surface area contributed by atoms with E-state index in [2.05, 4.69) is 10.2 Å². The van der Waals surface area contributed by atoms with Crippen LogP contribution in [0.3, 0.4) is 0 Å². The third kappa shape index (κ3) is 2.16. The Morgan fingerprint density at radius 1 is 1.64 bits per heavy atom. The first kappa shape index (κ1) is 10.8. The van der Waals surface area contributed by atoms with Crippen LogP contribution in [0.2, 0.25) is 0 Å². The number of carbonyl (C=O) groups is 1. The highest BCUT2D eigenvalue weighted by atomic mass is 35.5. The molecule has 0 fully saturated rings. The SMILES string of the molecule is COC(=O)c1ccc(CCl)c(NN)c1. The molecule has 0 saturated carbocycles. The highest BCUT2D eigenvalue weighted by Crippen LogP contribution is 2.19. The topological polar surface area (TPSA) is 64.3 Å². The maximum atomic E-state index is 11.2. The molecule has 14 heavy (non-hydrogen) atoms. The molecule has 0 bridgehead atoms. The minimum atomic E-state index is -0.400. The van der Waals surface area contributed by atoms with Gasteiger partial charge < -0.3 is 10.2 Å². The van der Waals surface area contributed by atoms with Gasteiger partial charge in [0.15, 0.2) is 0 Å². The Hall–Kier alpha value is -1.26. The number of halogens is 1. The molecule has 0 aliphatic carbocycles. The second-order valence-electron chi connectivity index (χ2n) is 2.64. The van der Waals surface area contributed by atoms with Gasteiger partial charge in [-0.3, -0.25) is 5.84 Å². The van der Waals surface area contributed by atoms with E-state index < -0.39 is 5.97 Å². The van der Waals surface area contributed by atoms with Crippen molar-refractivity contribution in [2.45, 2.75) is 5.88 Å². The fraction of sp³-hybridized carbons (Fsp3) is 0.222. The first-order valence-electron chi connectivity index (χ1n) is 3.96. The van der Waals surface area contributed by atoms with Crippen molar-refractivity contribution >= 4 is 23.3 Å². The number of ether oxygens (including phenoxy) is 1. The maximum Gasteiger partial charge on any atom is 0.337 e.